The van der Waals surface area contributed by atoms with Gasteiger partial charge in [-0.15, -0.1) is 0 Å². The third-order valence-electron chi connectivity index (χ3n) is 2.96. The molecule has 0 aliphatic rings. The van der Waals surface area contributed by atoms with Gasteiger partial charge in [0.05, 0.1) is 17.4 Å². The van der Waals surface area contributed by atoms with Gasteiger partial charge in [0.1, 0.15) is 6.07 Å². The second kappa shape index (κ2) is 5.38. The summed E-state index contributed by atoms with van der Waals surface area (Å²) < 4.78 is 0. The number of nitrogen functional groups attached to an aromatic ring is 1. The molecule has 1 aromatic carbocycles. The fraction of sp³-hybridized carbons (Fsp3) is 0.143. The lowest BCUT2D eigenvalue weighted by Crippen LogP contribution is -2.31. The van der Waals surface area contributed by atoms with Crippen molar-refractivity contribution in [3.63, 3.8) is 0 Å². The molecule has 0 spiro atoms. The maximum Gasteiger partial charge on any atom is 0.102 e. The topological polar surface area (TPSA) is 78.0 Å². The van der Waals surface area contributed by atoms with Crippen molar-refractivity contribution >= 4 is 11.4 Å². The first kappa shape index (κ1) is 12.9. The van der Waals surface area contributed by atoms with Crippen LogP contribution in [0.3, 0.4) is 0 Å². The number of anilines is 2. The maximum absolute atomic E-state index is 9.40. The normalized spacial score (nSPS) is 9.95. The van der Waals surface area contributed by atoms with E-state index in [1.54, 1.807) is 24.5 Å². The van der Waals surface area contributed by atoms with Crippen LogP contribution in [-0.2, 0) is 0 Å². The van der Waals surface area contributed by atoms with Gasteiger partial charge in [-0.05, 0) is 17.7 Å². The average molecular weight is 253 g/mol. The zero-order valence-electron chi connectivity index (χ0n) is 10.9. The van der Waals surface area contributed by atoms with Crippen molar-refractivity contribution in [3.05, 3.63) is 42.2 Å². The fourth-order valence-corrected chi connectivity index (χ4v) is 1.82. The molecule has 2 rings (SSSR count). The van der Waals surface area contributed by atoms with Crippen molar-refractivity contribution in [2.75, 3.05) is 24.8 Å². The molecule has 1 aromatic heterocycles. The second-order valence-corrected chi connectivity index (χ2v) is 4.10. The summed E-state index contributed by atoms with van der Waals surface area (Å²) in [5, 5.41) is 11.2. The van der Waals surface area contributed by atoms with Crippen molar-refractivity contribution in [1.82, 2.24) is 10.4 Å². The number of nitriles is 1. The van der Waals surface area contributed by atoms with Crippen LogP contribution in [0.1, 0.15) is 5.56 Å². The molecule has 0 aliphatic carbocycles. The Morgan fingerprint density at radius 2 is 1.95 bits per heavy atom. The Morgan fingerprint density at radius 1 is 1.26 bits per heavy atom. The van der Waals surface area contributed by atoms with E-state index in [1.165, 1.54) is 0 Å². The number of benzene rings is 1. The predicted octanol–water partition coefficient (Wildman–Crippen LogP) is 1.77. The molecule has 0 unspecified atom stereocenters. The maximum atomic E-state index is 9.40. The molecular weight excluding hydrogens is 238 g/mol. The first-order valence-electron chi connectivity index (χ1n) is 5.82. The molecule has 5 heteroatoms. The molecule has 96 valence electrons. The van der Waals surface area contributed by atoms with E-state index in [1.807, 2.05) is 31.3 Å². The van der Waals surface area contributed by atoms with Crippen molar-refractivity contribution in [2.45, 2.75) is 0 Å². The van der Waals surface area contributed by atoms with E-state index in [-0.39, 0.29) is 0 Å². The zero-order valence-corrected chi connectivity index (χ0v) is 10.9. The lowest BCUT2D eigenvalue weighted by atomic mass is 10.0. The van der Waals surface area contributed by atoms with Crippen molar-refractivity contribution in [3.8, 4) is 17.2 Å². The summed E-state index contributed by atoms with van der Waals surface area (Å²) in [5.74, 6) is 0. The van der Waals surface area contributed by atoms with E-state index in [9.17, 15) is 5.26 Å². The van der Waals surface area contributed by atoms with Gasteiger partial charge in [-0.2, -0.15) is 5.26 Å². The van der Waals surface area contributed by atoms with Gasteiger partial charge in [-0.25, -0.2) is 5.43 Å². The highest BCUT2D eigenvalue weighted by Gasteiger charge is 2.13. The summed E-state index contributed by atoms with van der Waals surface area (Å²) in [6.45, 7) is 0. The van der Waals surface area contributed by atoms with E-state index >= 15 is 0 Å². The third kappa shape index (κ3) is 2.49. The molecule has 0 atom stereocenters. The fourth-order valence-electron chi connectivity index (χ4n) is 1.82. The Bertz CT molecular complexity index is 613. The number of pyridine rings is 1. The van der Waals surface area contributed by atoms with Crippen LogP contribution in [0.4, 0.5) is 11.4 Å². The number of aromatic nitrogens is 1. The van der Waals surface area contributed by atoms with Crippen LogP contribution in [0.15, 0.2) is 36.7 Å². The van der Waals surface area contributed by atoms with Gasteiger partial charge in [-0.3, -0.25) is 4.98 Å². The molecule has 0 aliphatic heterocycles. The number of nitrogens with two attached hydrogens (primary N) is 1. The minimum absolute atomic E-state index is 0.580. The first-order valence-corrected chi connectivity index (χ1v) is 5.82. The minimum Gasteiger partial charge on any atom is -0.399 e. The molecule has 0 amide bonds. The SMILES string of the molecule is CNN(C)c1cncc(-c2ccc(N)cc2)c1C#N. The number of nitrogens with zero attached hydrogens (tertiary/aromatic N) is 3. The van der Waals surface area contributed by atoms with E-state index in [0.717, 1.165) is 16.8 Å². The van der Waals surface area contributed by atoms with Gasteiger partial charge in [0.25, 0.3) is 0 Å². The van der Waals surface area contributed by atoms with E-state index in [2.05, 4.69) is 16.5 Å². The average Bonchev–Trinajstić information content (AvgIpc) is 2.46. The zero-order chi connectivity index (χ0) is 13.8. The van der Waals surface area contributed by atoms with Gasteiger partial charge >= 0.3 is 0 Å². The summed E-state index contributed by atoms with van der Waals surface area (Å²) in [5.41, 5.74) is 12.4. The lowest BCUT2D eigenvalue weighted by Gasteiger charge is -2.19. The second-order valence-electron chi connectivity index (χ2n) is 4.10. The van der Waals surface area contributed by atoms with Crippen molar-refractivity contribution in [1.29, 1.82) is 5.26 Å². The highest BCUT2D eigenvalue weighted by atomic mass is 15.5. The quantitative estimate of drug-likeness (QED) is 0.644. The van der Waals surface area contributed by atoms with Crippen LogP contribution in [0.25, 0.3) is 11.1 Å². The van der Waals surface area contributed by atoms with E-state index in [4.69, 9.17) is 5.73 Å². The van der Waals surface area contributed by atoms with Crippen LogP contribution in [0.5, 0.6) is 0 Å². The van der Waals surface area contributed by atoms with Gasteiger partial charge in [-0.1, -0.05) is 12.1 Å². The molecule has 2 aromatic rings. The van der Waals surface area contributed by atoms with Gasteiger partial charge in [0.2, 0.25) is 0 Å². The summed E-state index contributed by atoms with van der Waals surface area (Å²) in [6, 6.07) is 9.63. The molecule has 0 bridgehead atoms. The molecule has 0 fully saturated rings. The number of nitrogens with one attached hydrogen (secondary N) is 1. The highest BCUT2D eigenvalue weighted by molar-refractivity contribution is 5.77. The molecular formula is C14H15N5. The Morgan fingerprint density at radius 3 is 2.53 bits per heavy atom. The van der Waals surface area contributed by atoms with Crippen LogP contribution in [-0.4, -0.2) is 19.1 Å². The number of hydrogen-bond donors (Lipinski definition) is 2. The van der Waals surface area contributed by atoms with Gasteiger partial charge in [0, 0.05) is 31.5 Å². The first-order chi connectivity index (χ1) is 9.17. The van der Waals surface area contributed by atoms with Gasteiger partial charge < -0.3 is 10.7 Å². The molecule has 3 N–H and O–H groups in total. The van der Waals surface area contributed by atoms with Crippen LogP contribution >= 0.6 is 0 Å². The standard InChI is InChI=1S/C14H15N5/c1-17-19(2)14-9-18-8-13(12(14)7-15)10-3-5-11(16)6-4-10/h3-6,8-9,17H,16H2,1-2H3. The monoisotopic (exact) mass is 253 g/mol. The third-order valence-corrected chi connectivity index (χ3v) is 2.96. The largest absolute Gasteiger partial charge is 0.399 e. The Balaban J connectivity index is 2.58. The Hall–Kier alpha value is -2.58. The van der Waals surface area contributed by atoms with E-state index in [0.29, 0.717) is 11.3 Å². The summed E-state index contributed by atoms with van der Waals surface area (Å²) in [6.07, 6.45) is 3.35. The number of hydrogen-bond acceptors (Lipinski definition) is 5. The van der Waals surface area contributed by atoms with E-state index < -0.39 is 0 Å². The Labute approximate surface area is 112 Å². The number of rotatable bonds is 3. The Kier molecular flexibility index (Phi) is 3.64. The molecule has 0 saturated heterocycles. The summed E-state index contributed by atoms with van der Waals surface area (Å²) in [7, 11) is 3.63. The number of hydrazine groups is 1. The predicted molar refractivity (Wildman–Crippen MR) is 76.3 cm³/mol. The molecule has 5 nitrogen and oxygen atoms in total. The van der Waals surface area contributed by atoms with Crippen LogP contribution in [0.2, 0.25) is 0 Å². The smallest absolute Gasteiger partial charge is 0.102 e. The minimum atomic E-state index is 0.580. The molecule has 0 radical (unpaired) electrons. The highest BCUT2D eigenvalue weighted by Crippen LogP contribution is 2.29. The summed E-state index contributed by atoms with van der Waals surface area (Å²) in [4.78, 5) is 4.20. The molecule has 19 heavy (non-hydrogen) atoms. The summed E-state index contributed by atoms with van der Waals surface area (Å²) >= 11 is 0. The van der Waals surface area contributed by atoms with Crippen LogP contribution < -0.4 is 16.2 Å². The van der Waals surface area contributed by atoms with Crippen molar-refractivity contribution in [2.24, 2.45) is 0 Å². The molecule has 1 heterocycles. The lowest BCUT2D eigenvalue weighted by molar-refractivity contribution is 0.788. The van der Waals surface area contributed by atoms with Crippen LogP contribution in [0, 0.1) is 11.3 Å². The van der Waals surface area contributed by atoms with Gasteiger partial charge in [0.15, 0.2) is 0 Å². The van der Waals surface area contributed by atoms with Crippen molar-refractivity contribution < 1.29 is 0 Å². The molecule has 0 saturated carbocycles.